The highest BCUT2D eigenvalue weighted by atomic mass is 35.7. The summed E-state index contributed by atoms with van der Waals surface area (Å²) in [4.78, 5) is 0. The molecule has 13 heavy (non-hydrogen) atoms. The van der Waals surface area contributed by atoms with Crippen LogP contribution in [-0.4, -0.2) is 39.1 Å². The van der Waals surface area contributed by atoms with E-state index in [1.165, 1.54) is 7.11 Å². The molecule has 6 heteroatoms. The zero-order valence-corrected chi connectivity index (χ0v) is 10.3. The first kappa shape index (κ1) is 11.7. The van der Waals surface area contributed by atoms with Crippen molar-refractivity contribution in [1.29, 1.82) is 0 Å². The Balaban J connectivity index is 2.45. The Hall–Kier alpha value is 0.677. The van der Waals surface area contributed by atoms with Gasteiger partial charge in [0.05, 0.1) is 6.61 Å². The molecule has 1 heterocycles. The Morgan fingerprint density at radius 1 is 1.62 bits per heavy atom. The molecule has 2 unspecified atom stereocenters. The lowest BCUT2D eigenvalue weighted by atomic mass is 10.5. The minimum Gasteiger partial charge on any atom is -0.394 e. The van der Waals surface area contributed by atoms with Crippen LogP contribution in [-0.2, 0) is 13.9 Å². The standard InChI is InChI=1S/C7H14Cl2O3Si/c1-3-4-11-7(6-5-12-6)13(8,9)10-2/h6-7H,3-5H2,1-2H3. The van der Waals surface area contributed by atoms with Crippen LogP contribution >= 0.6 is 22.2 Å². The summed E-state index contributed by atoms with van der Waals surface area (Å²) in [6, 6.07) is 0. The minimum absolute atomic E-state index is 0.0353. The Labute approximate surface area is 88.8 Å². The topological polar surface area (TPSA) is 31.0 Å². The first-order valence-corrected chi connectivity index (χ1v) is 8.29. The smallest absolute Gasteiger partial charge is 0.394 e. The van der Waals surface area contributed by atoms with Crippen LogP contribution in [0, 0.1) is 0 Å². The van der Waals surface area contributed by atoms with Crippen molar-refractivity contribution in [3.8, 4) is 0 Å². The molecule has 0 spiro atoms. The fourth-order valence-corrected chi connectivity index (χ4v) is 3.40. The molecule has 0 aromatic carbocycles. The van der Waals surface area contributed by atoms with Crippen molar-refractivity contribution in [1.82, 2.24) is 0 Å². The van der Waals surface area contributed by atoms with Crippen LogP contribution in [0.4, 0.5) is 0 Å². The van der Waals surface area contributed by atoms with Gasteiger partial charge in [0.15, 0.2) is 0 Å². The molecule has 0 saturated carbocycles. The van der Waals surface area contributed by atoms with Crippen molar-refractivity contribution in [2.24, 2.45) is 0 Å². The lowest BCUT2D eigenvalue weighted by Crippen LogP contribution is -2.45. The molecule has 0 radical (unpaired) electrons. The third-order valence-corrected chi connectivity index (χ3v) is 5.76. The van der Waals surface area contributed by atoms with Gasteiger partial charge in [-0.1, -0.05) is 6.92 Å². The van der Waals surface area contributed by atoms with Gasteiger partial charge < -0.3 is 13.9 Å². The van der Waals surface area contributed by atoms with Gasteiger partial charge >= 0.3 is 6.94 Å². The second-order valence-corrected chi connectivity index (χ2v) is 8.98. The van der Waals surface area contributed by atoms with E-state index < -0.39 is 6.94 Å². The summed E-state index contributed by atoms with van der Waals surface area (Å²) < 4.78 is 15.7. The molecular weight excluding hydrogens is 231 g/mol. The van der Waals surface area contributed by atoms with E-state index in [4.69, 9.17) is 36.1 Å². The van der Waals surface area contributed by atoms with Crippen molar-refractivity contribution in [3.63, 3.8) is 0 Å². The Kier molecular flexibility index (Phi) is 4.48. The van der Waals surface area contributed by atoms with E-state index in [0.717, 1.165) is 6.42 Å². The second kappa shape index (κ2) is 4.96. The number of hydrogen-bond donors (Lipinski definition) is 0. The molecule has 0 N–H and O–H groups in total. The van der Waals surface area contributed by atoms with E-state index in [0.29, 0.717) is 13.2 Å². The largest absolute Gasteiger partial charge is 0.421 e. The highest BCUT2D eigenvalue weighted by Crippen LogP contribution is 2.31. The lowest BCUT2D eigenvalue weighted by Gasteiger charge is -2.24. The van der Waals surface area contributed by atoms with Gasteiger partial charge in [0, 0.05) is 13.7 Å². The van der Waals surface area contributed by atoms with Crippen molar-refractivity contribution < 1.29 is 13.9 Å². The van der Waals surface area contributed by atoms with E-state index in [2.05, 4.69) is 0 Å². The van der Waals surface area contributed by atoms with E-state index in [1.54, 1.807) is 0 Å². The van der Waals surface area contributed by atoms with E-state index in [-0.39, 0.29) is 11.8 Å². The first-order chi connectivity index (χ1) is 6.11. The zero-order chi connectivity index (χ0) is 9.90. The molecule has 3 nitrogen and oxygen atoms in total. The monoisotopic (exact) mass is 244 g/mol. The number of epoxide rings is 1. The molecule has 0 amide bonds. The predicted molar refractivity (Wildman–Crippen MR) is 54.2 cm³/mol. The van der Waals surface area contributed by atoms with Crippen LogP contribution in [0.3, 0.4) is 0 Å². The summed E-state index contributed by atoms with van der Waals surface area (Å²) in [5, 5.41) is 0. The molecule has 1 aliphatic heterocycles. The van der Waals surface area contributed by atoms with Crippen LogP contribution < -0.4 is 0 Å². The van der Waals surface area contributed by atoms with Gasteiger partial charge in [-0.05, 0) is 6.42 Å². The number of rotatable bonds is 6. The van der Waals surface area contributed by atoms with Crippen LogP contribution in [0.5, 0.6) is 0 Å². The van der Waals surface area contributed by atoms with Crippen molar-refractivity contribution >= 4 is 29.1 Å². The molecule has 1 saturated heterocycles. The molecule has 1 rings (SSSR count). The predicted octanol–water partition coefficient (Wildman–Crippen LogP) is 1.78. The maximum atomic E-state index is 6.03. The summed E-state index contributed by atoms with van der Waals surface area (Å²) in [6.07, 6.45) is 0.971. The molecule has 1 fully saturated rings. The average molecular weight is 245 g/mol. The van der Waals surface area contributed by atoms with Gasteiger partial charge in [-0.2, -0.15) is 0 Å². The molecule has 2 atom stereocenters. The molecule has 0 aliphatic carbocycles. The van der Waals surface area contributed by atoms with Crippen LogP contribution in [0.1, 0.15) is 13.3 Å². The van der Waals surface area contributed by atoms with E-state index >= 15 is 0 Å². The molecule has 1 aliphatic rings. The maximum absolute atomic E-state index is 6.03. The summed E-state index contributed by atoms with van der Waals surface area (Å²) in [5.41, 5.74) is -0.263. The molecule has 0 bridgehead atoms. The van der Waals surface area contributed by atoms with Crippen LogP contribution in [0.2, 0.25) is 0 Å². The number of hydrogen-bond acceptors (Lipinski definition) is 3. The third-order valence-electron chi connectivity index (χ3n) is 1.80. The fraction of sp³-hybridized carbons (Fsp3) is 1.00. The molecule has 0 aromatic heterocycles. The molecule has 78 valence electrons. The second-order valence-electron chi connectivity index (χ2n) is 2.93. The summed E-state index contributed by atoms with van der Waals surface area (Å²) in [7, 11) is 1.51. The third kappa shape index (κ3) is 3.38. The van der Waals surface area contributed by atoms with E-state index in [1.807, 2.05) is 6.92 Å². The Morgan fingerprint density at radius 2 is 2.23 bits per heavy atom. The lowest BCUT2D eigenvalue weighted by molar-refractivity contribution is 0.0720. The quantitative estimate of drug-likeness (QED) is 0.406. The van der Waals surface area contributed by atoms with Gasteiger partial charge in [0.1, 0.15) is 11.8 Å². The van der Waals surface area contributed by atoms with Gasteiger partial charge in [-0.3, -0.25) is 0 Å². The fourth-order valence-electron chi connectivity index (χ4n) is 1.01. The normalized spacial score (nSPS) is 24.5. The highest BCUT2D eigenvalue weighted by Gasteiger charge is 2.51. The van der Waals surface area contributed by atoms with Crippen LogP contribution in [0.15, 0.2) is 0 Å². The Bertz CT molecular complexity index is 164. The van der Waals surface area contributed by atoms with Gasteiger partial charge in [0.2, 0.25) is 0 Å². The van der Waals surface area contributed by atoms with Gasteiger partial charge in [-0.15, -0.1) is 22.2 Å². The summed E-state index contributed by atoms with van der Waals surface area (Å²) in [6.45, 7) is 0.597. The minimum atomic E-state index is -2.75. The Morgan fingerprint density at radius 3 is 2.62 bits per heavy atom. The molecule has 0 aromatic rings. The summed E-state index contributed by atoms with van der Waals surface area (Å²) in [5.74, 6) is 0. The average Bonchev–Trinajstić information content (AvgIpc) is 2.89. The zero-order valence-electron chi connectivity index (χ0n) is 7.76. The number of halogens is 2. The number of ether oxygens (including phenoxy) is 2. The maximum Gasteiger partial charge on any atom is 0.421 e. The van der Waals surface area contributed by atoms with Gasteiger partial charge in [-0.25, -0.2) is 0 Å². The van der Waals surface area contributed by atoms with Crippen LogP contribution in [0.25, 0.3) is 0 Å². The van der Waals surface area contributed by atoms with E-state index in [9.17, 15) is 0 Å². The first-order valence-electron chi connectivity index (χ1n) is 4.28. The summed E-state index contributed by atoms with van der Waals surface area (Å²) >= 11 is 12.1. The van der Waals surface area contributed by atoms with Crippen molar-refractivity contribution in [2.75, 3.05) is 20.3 Å². The molecular formula is C7H14Cl2O3Si. The van der Waals surface area contributed by atoms with Crippen molar-refractivity contribution in [2.45, 2.75) is 25.2 Å². The highest BCUT2D eigenvalue weighted by molar-refractivity contribution is 7.43. The SMILES string of the molecule is CCCOC(C1CO1)[Si](Cl)(Cl)OC. The van der Waals surface area contributed by atoms with Gasteiger partial charge in [0.25, 0.3) is 0 Å². The van der Waals surface area contributed by atoms with Crippen molar-refractivity contribution in [3.05, 3.63) is 0 Å².